The third-order valence-electron chi connectivity index (χ3n) is 1.38. The summed E-state index contributed by atoms with van der Waals surface area (Å²) in [6.07, 6.45) is 0. The fraction of sp³-hybridized carbons (Fsp3) is 0.500. The Morgan fingerprint density at radius 1 is 1.67 bits per heavy atom. The normalized spacial score (nSPS) is 10.6. The molecule has 0 unspecified atom stereocenters. The largest absolute Gasteiger partial charge is 0.539 e. The number of carbonyl (C=O) groups excluding carboxylic acids is 1. The summed E-state index contributed by atoms with van der Waals surface area (Å²) in [7, 11) is 0. The minimum absolute atomic E-state index is 0.190. The zero-order valence-corrected chi connectivity index (χ0v) is 6.66. The third kappa shape index (κ3) is 1.23. The smallest absolute Gasteiger partial charge is 0.436 e. The second kappa shape index (κ2) is 2.80. The molecule has 12 heavy (non-hydrogen) atoms. The van der Waals surface area contributed by atoms with Crippen LogP contribution in [0.15, 0.2) is 9.32 Å². The van der Waals surface area contributed by atoms with Gasteiger partial charge >= 0.3 is 11.3 Å². The molecule has 0 saturated heterocycles. The molecule has 0 aliphatic rings. The standard InChI is InChI=1S/C6H8N2O4/c1-3(2)8-4(5(9)10)6(11)12-7-8/h3H,1-2H3,(H-,7,9,10,11). The first-order valence-electron chi connectivity index (χ1n) is 3.38. The number of hydrogen-bond donors (Lipinski definition) is 1. The fourth-order valence-electron chi connectivity index (χ4n) is 0.828. The summed E-state index contributed by atoms with van der Waals surface area (Å²) < 4.78 is 5.37. The molecule has 1 rings (SSSR count). The number of carboxylic acid groups (broad SMARTS) is 1. The van der Waals surface area contributed by atoms with Crippen LogP contribution >= 0.6 is 0 Å². The first-order valence-corrected chi connectivity index (χ1v) is 3.38. The highest BCUT2D eigenvalue weighted by molar-refractivity contribution is 5.80. The molecule has 6 heteroatoms. The summed E-state index contributed by atoms with van der Waals surface area (Å²) in [5.41, 5.74) is -1.42. The van der Waals surface area contributed by atoms with Crippen LogP contribution in [0.1, 0.15) is 30.4 Å². The van der Waals surface area contributed by atoms with E-state index in [2.05, 4.69) is 9.79 Å². The SMILES string of the molecule is CC(C)[n+]1[nH]oc(=O)c1C(=O)[O-]. The van der Waals surface area contributed by atoms with Gasteiger partial charge in [0.1, 0.15) is 5.97 Å². The van der Waals surface area contributed by atoms with E-state index in [1.54, 1.807) is 13.8 Å². The lowest BCUT2D eigenvalue weighted by Gasteiger charge is -1.96. The van der Waals surface area contributed by atoms with Gasteiger partial charge in [-0.25, -0.2) is 4.79 Å². The number of aromatic nitrogens is 2. The van der Waals surface area contributed by atoms with Crippen LogP contribution in [0.2, 0.25) is 0 Å². The molecule has 1 N–H and O–H groups in total. The van der Waals surface area contributed by atoms with Gasteiger partial charge in [0.25, 0.3) is 0 Å². The average molecular weight is 172 g/mol. The summed E-state index contributed by atoms with van der Waals surface area (Å²) in [6, 6.07) is -0.190. The maximum atomic E-state index is 10.7. The molecule has 1 aromatic rings. The van der Waals surface area contributed by atoms with Crippen molar-refractivity contribution in [3.8, 4) is 0 Å². The van der Waals surface area contributed by atoms with E-state index in [4.69, 9.17) is 0 Å². The summed E-state index contributed by atoms with van der Waals surface area (Å²) in [4.78, 5) is 21.1. The van der Waals surface area contributed by atoms with E-state index in [1.807, 2.05) is 0 Å². The van der Waals surface area contributed by atoms with Crippen molar-refractivity contribution < 1.29 is 19.1 Å². The van der Waals surface area contributed by atoms with E-state index >= 15 is 0 Å². The van der Waals surface area contributed by atoms with Crippen molar-refractivity contribution in [1.82, 2.24) is 5.27 Å². The van der Waals surface area contributed by atoms with Gasteiger partial charge in [-0.15, -0.1) is 0 Å². The number of hydrogen-bond acceptors (Lipinski definition) is 4. The number of nitrogens with zero attached hydrogens (tertiary/aromatic N) is 1. The first-order chi connectivity index (χ1) is 5.54. The van der Waals surface area contributed by atoms with E-state index in [0.717, 1.165) is 4.68 Å². The number of carboxylic acids is 1. The van der Waals surface area contributed by atoms with Crippen molar-refractivity contribution in [3.63, 3.8) is 0 Å². The van der Waals surface area contributed by atoms with Gasteiger partial charge in [-0.3, -0.25) is 4.52 Å². The second-order valence-corrected chi connectivity index (χ2v) is 2.58. The topological polar surface area (TPSA) is 90.0 Å². The highest BCUT2D eigenvalue weighted by Crippen LogP contribution is 1.89. The summed E-state index contributed by atoms with van der Waals surface area (Å²) in [5, 5.41) is 12.6. The lowest BCUT2D eigenvalue weighted by atomic mass is 10.3. The Morgan fingerprint density at radius 3 is 2.58 bits per heavy atom. The minimum Gasteiger partial charge on any atom is -0.539 e. The summed E-state index contributed by atoms with van der Waals surface area (Å²) >= 11 is 0. The van der Waals surface area contributed by atoms with Crippen molar-refractivity contribution in [3.05, 3.63) is 16.1 Å². The van der Waals surface area contributed by atoms with Gasteiger partial charge in [0.15, 0.2) is 6.04 Å². The predicted molar refractivity (Wildman–Crippen MR) is 34.2 cm³/mol. The zero-order chi connectivity index (χ0) is 9.30. The van der Waals surface area contributed by atoms with Gasteiger partial charge in [0.05, 0.1) is 0 Å². The van der Waals surface area contributed by atoms with Crippen LogP contribution in [0.25, 0.3) is 0 Å². The fourth-order valence-corrected chi connectivity index (χ4v) is 0.828. The Hall–Kier alpha value is -1.59. The molecule has 0 radical (unpaired) electrons. The summed E-state index contributed by atoms with van der Waals surface area (Å²) in [6.45, 7) is 3.41. The van der Waals surface area contributed by atoms with Gasteiger partial charge in [-0.05, 0) is 19.1 Å². The van der Waals surface area contributed by atoms with Crippen LogP contribution in [-0.4, -0.2) is 11.2 Å². The van der Waals surface area contributed by atoms with Crippen LogP contribution in [0.3, 0.4) is 0 Å². The maximum Gasteiger partial charge on any atom is 0.436 e. The molecule has 0 atom stereocenters. The molecule has 66 valence electrons. The number of aromatic amines is 1. The molecule has 1 heterocycles. The van der Waals surface area contributed by atoms with Gasteiger partial charge < -0.3 is 9.90 Å². The van der Waals surface area contributed by atoms with E-state index in [-0.39, 0.29) is 6.04 Å². The molecule has 1 aromatic heterocycles. The van der Waals surface area contributed by atoms with Crippen molar-refractivity contribution >= 4 is 5.97 Å². The lowest BCUT2D eigenvalue weighted by Crippen LogP contribution is -2.48. The molecule has 0 fully saturated rings. The van der Waals surface area contributed by atoms with E-state index < -0.39 is 17.3 Å². The Balaban J connectivity index is 3.31. The Kier molecular flexibility index (Phi) is 1.99. The second-order valence-electron chi connectivity index (χ2n) is 2.58. The number of rotatable bonds is 2. The van der Waals surface area contributed by atoms with Crippen molar-refractivity contribution in [2.24, 2.45) is 0 Å². The van der Waals surface area contributed by atoms with Crippen molar-refractivity contribution in [1.29, 1.82) is 0 Å². The quantitative estimate of drug-likeness (QED) is 0.533. The zero-order valence-electron chi connectivity index (χ0n) is 6.66. The number of H-pyrrole nitrogens is 1. The third-order valence-corrected chi connectivity index (χ3v) is 1.38. The van der Waals surface area contributed by atoms with E-state index in [0.29, 0.717) is 0 Å². The van der Waals surface area contributed by atoms with Gasteiger partial charge in [-0.1, -0.05) is 4.68 Å². The first kappa shape index (κ1) is 8.51. The highest BCUT2D eigenvalue weighted by Gasteiger charge is 2.24. The van der Waals surface area contributed by atoms with Gasteiger partial charge in [0.2, 0.25) is 0 Å². The minimum atomic E-state index is -1.54. The van der Waals surface area contributed by atoms with Crippen LogP contribution in [0.5, 0.6) is 0 Å². The number of carbonyl (C=O) groups is 1. The lowest BCUT2D eigenvalue weighted by molar-refractivity contribution is -0.782. The molecule has 0 aliphatic heterocycles. The van der Waals surface area contributed by atoms with Crippen LogP contribution in [0, 0.1) is 0 Å². The number of aromatic carboxylic acids is 1. The molecule has 6 nitrogen and oxygen atoms in total. The van der Waals surface area contributed by atoms with E-state index in [9.17, 15) is 14.7 Å². The molecule has 0 bridgehead atoms. The maximum absolute atomic E-state index is 10.7. The van der Waals surface area contributed by atoms with Gasteiger partial charge in [-0.2, -0.15) is 0 Å². The Bertz CT molecular complexity index is 349. The Morgan fingerprint density at radius 2 is 2.25 bits per heavy atom. The molecular formula is C6H8N2O4. The highest BCUT2D eigenvalue weighted by atomic mass is 16.5. The van der Waals surface area contributed by atoms with Crippen LogP contribution in [-0.2, 0) is 0 Å². The molecule has 0 spiro atoms. The monoisotopic (exact) mass is 172 g/mol. The van der Waals surface area contributed by atoms with Gasteiger partial charge in [0, 0.05) is 0 Å². The van der Waals surface area contributed by atoms with Crippen LogP contribution < -0.4 is 15.4 Å². The molecule has 0 amide bonds. The Labute approximate surface area is 67.4 Å². The average Bonchev–Trinajstić information content (AvgIpc) is 2.30. The molecular weight excluding hydrogens is 164 g/mol. The molecule has 0 aromatic carbocycles. The van der Waals surface area contributed by atoms with Crippen LogP contribution in [0.4, 0.5) is 0 Å². The molecule has 0 saturated carbocycles. The predicted octanol–water partition coefficient (Wildman–Crippen LogP) is -1.80. The summed E-state index contributed by atoms with van der Waals surface area (Å²) in [5.74, 6) is -1.54. The number of nitrogens with one attached hydrogen (secondary N) is 1. The molecule has 0 aliphatic carbocycles. The van der Waals surface area contributed by atoms with Crippen molar-refractivity contribution in [2.75, 3.05) is 0 Å². The van der Waals surface area contributed by atoms with Crippen molar-refractivity contribution in [2.45, 2.75) is 19.9 Å². The van der Waals surface area contributed by atoms with E-state index in [1.165, 1.54) is 0 Å².